The molecular formula is C15H27ClN2O. The van der Waals surface area contributed by atoms with Gasteiger partial charge in [-0.25, -0.2) is 0 Å². The Morgan fingerprint density at radius 2 is 1.74 bits per heavy atom. The lowest BCUT2D eigenvalue weighted by Crippen LogP contribution is -2.49. The van der Waals surface area contributed by atoms with E-state index in [9.17, 15) is 4.79 Å². The van der Waals surface area contributed by atoms with Crippen LogP contribution in [0.15, 0.2) is 0 Å². The molecule has 2 atom stereocenters. The maximum Gasteiger partial charge on any atom is 0.225 e. The van der Waals surface area contributed by atoms with E-state index in [1.165, 1.54) is 32.1 Å². The lowest BCUT2D eigenvalue weighted by Gasteiger charge is -2.44. The van der Waals surface area contributed by atoms with Crippen LogP contribution in [0.2, 0.25) is 0 Å². The molecular weight excluding hydrogens is 260 g/mol. The van der Waals surface area contributed by atoms with Gasteiger partial charge >= 0.3 is 0 Å². The molecule has 110 valence electrons. The highest BCUT2D eigenvalue weighted by molar-refractivity contribution is 5.85. The predicted octanol–water partition coefficient (Wildman–Crippen LogP) is 2.43. The first-order chi connectivity index (χ1) is 8.65. The van der Waals surface area contributed by atoms with E-state index in [-0.39, 0.29) is 18.3 Å². The maximum absolute atomic E-state index is 12.5. The van der Waals surface area contributed by atoms with E-state index in [4.69, 9.17) is 5.73 Å². The van der Waals surface area contributed by atoms with Crippen molar-refractivity contribution in [2.45, 2.75) is 51.0 Å². The first-order valence-electron chi connectivity index (χ1n) is 7.65. The minimum absolute atomic E-state index is 0. The Hall–Kier alpha value is -0.280. The number of fused-ring (bicyclic) bond motifs is 2. The molecule has 1 amide bonds. The van der Waals surface area contributed by atoms with Crippen LogP contribution < -0.4 is 5.73 Å². The molecule has 19 heavy (non-hydrogen) atoms. The van der Waals surface area contributed by atoms with Crippen LogP contribution >= 0.6 is 12.4 Å². The maximum atomic E-state index is 12.5. The van der Waals surface area contributed by atoms with Gasteiger partial charge in [-0.15, -0.1) is 12.4 Å². The topological polar surface area (TPSA) is 46.3 Å². The highest BCUT2D eigenvalue weighted by Crippen LogP contribution is 2.42. The van der Waals surface area contributed by atoms with Gasteiger partial charge in [-0.1, -0.05) is 6.42 Å². The van der Waals surface area contributed by atoms with E-state index in [1.54, 1.807) is 0 Å². The van der Waals surface area contributed by atoms with Gasteiger partial charge in [-0.2, -0.15) is 0 Å². The quantitative estimate of drug-likeness (QED) is 0.866. The Bertz CT molecular complexity index is 318. The van der Waals surface area contributed by atoms with Crippen LogP contribution in [0.25, 0.3) is 0 Å². The average Bonchev–Trinajstić information content (AvgIpc) is 3.11. The predicted molar refractivity (Wildman–Crippen MR) is 79.1 cm³/mol. The Labute approximate surface area is 122 Å². The highest BCUT2D eigenvalue weighted by atomic mass is 35.5. The fourth-order valence-corrected chi connectivity index (χ4v) is 4.08. The molecule has 0 spiro atoms. The molecule has 3 nitrogen and oxygen atoms in total. The van der Waals surface area contributed by atoms with Crippen molar-refractivity contribution in [1.82, 2.24) is 4.90 Å². The van der Waals surface area contributed by atoms with Crippen molar-refractivity contribution in [3.63, 3.8) is 0 Å². The SMILES string of the molecule is CN(CC1CC1)C(=O)C1CC2CCCC(C1)C2N.Cl. The number of nitrogens with two attached hydrogens (primary N) is 1. The zero-order valence-corrected chi connectivity index (χ0v) is 12.7. The van der Waals surface area contributed by atoms with Gasteiger partial charge in [-0.3, -0.25) is 4.79 Å². The summed E-state index contributed by atoms with van der Waals surface area (Å²) in [6.07, 6.45) is 8.54. The third-order valence-corrected chi connectivity index (χ3v) is 5.37. The molecule has 3 fully saturated rings. The molecule has 2 bridgehead atoms. The van der Waals surface area contributed by atoms with Crippen molar-refractivity contribution in [3.05, 3.63) is 0 Å². The number of carbonyl (C=O) groups excluding carboxylic acids is 1. The van der Waals surface area contributed by atoms with Gasteiger partial charge in [0.2, 0.25) is 5.91 Å². The molecule has 4 heteroatoms. The molecule has 3 aliphatic carbocycles. The minimum Gasteiger partial charge on any atom is -0.345 e. The number of carbonyl (C=O) groups is 1. The summed E-state index contributed by atoms with van der Waals surface area (Å²) in [5.41, 5.74) is 6.29. The summed E-state index contributed by atoms with van der Waals surface area (Å²) < 4.78 is 0. The Morgan fingerprint density at radius 1 is 1.16 bits per heavy atom. The van der Waals surface area contributed by atoms with E-state index >= 15 is 0 Å². The molecule has 2 unspecified atom stereocenters. The highest BCUT2D eigenvalue weighted by Gasteiger charge is 2.41. The summed E-state index contributed by atoms with van der Waals surface area (Å²) in [5.74, 6) is 2.68. The van der Waals surface area contributed by atoms with Crippen LogP contribution in [0, 0.1) is 23.7 Å². The molecule has 0 radical (unpaired) electrons. The molecule has 3 aliphatic rings. The molecule has 3 saturated carbocycles. The second-order valence-corrected chi connectivity index (χ2v) is 6.86. The number of amides is 1. The van der Waals surface area contributed by atoms with E-state index in [0.717, 1.165) is 25.3 Å². The lowest BCUT2D eigenvalue weighted by molar-refractivity contribution is -0.137. The molecule has 0 saturated heterocycles. The smallest absolute Gasteiger partial charge is 0.225 e. The van der Waals surface area contributed by atoms with E-state index in [1.807, 2.05) is 11.9 Å². The first kappa shape index (κ1) is 15.1. The standard InChI is InChI=1S/C15H26N2O.ClH/c1-17(9-10-5-6-10)15(18)13-7-11-3-2-4-12(8-13)14(11)16;/h10-14H,2-9,16H2,1H3;1H. The van der Waals surface area contributed by atoms with Crippen molar-refractivity contribution >= 4 is 18.3 Å². The third-order valence-electron chi connectivity index (χ3n) is 5.37. The third kappa shape index (κ3) is 3.25. The Morgan fingerprint density at radius 3 is 2.26 bits per heavy atom. The van der Waals surface area contributed by atoms with E-state index in [0.29, 0.717) is 23.8 Å². The van der Waals surface area contributed by atoms with Crippen molar-refractivity contribution in [2.24, 2.45) is 29.4 Å². The van der Waals surface area contributed by atoms with Gasteiger partial charge in [0.05, 0.1) is 0 Å². The number of halogens is 1. The molecule has 0 aromatic rings. The van der Waals surface area contributed by atoms with E-state index < -0.39 is 0 Å². The van der Waals surface area contributed by atoms with Gasteiger partial charge in [0.25, 0.3) is 0 Å². The van der Waals surface area contributed by atoms with Crippen molar-refractivity contribution in [1.29, 1.82) is 0 Å². The zero-order chi connectivity index (χ0) is 12.7. The summed E-state index contributed by atoms with van der Waals surface area (Å²) in [6, 6.07) is 0.372. The summed E-state index contributed by atoms with van der Waals surface area (Å²) in [4.78, 5) is 14.5. The van der Waals surface area contributed by atoms with E-state index in [2.05, 4.69) is 0 Å². The van der Waals surface area contributed by atoms with Crippen LogP contribution in [0.3, 0.4) is 0 Å². The van der Waals surface area contributed by atoms with Crippen molar-refractivity contribution in [3.8, 4) is 0 Å². The van der Waals surface area contributed by atoms with Crippen LogP contribution in [0.1, 0.15) is 44.9 Å². The fraction of sp³-hybridized carbons (Fsp3) is 0.933. The monoisotopic (exact) mass is 286 g/mol. The zero-order valence-electron chi connectivity index (χ0n) is 11.9. The largest absolute Gasteiger partial charge is 0.345 e. The van der Waals surface area contributed by atoms with Crippen LogP contribution in [0.5, 0.6) is 0 Å². The number of rotatable bonds is 3. The first-order valence-corrected chi connectivity index (χ1v) is 7.65. The number of nitrogens with zero attached hydrogens (tertiary/aromatic N) is 1. The molecule has 0 aromatic carbocycles. The molecule has 3 rings (SSSR count). The molecule has 0 heterocycles. The lowest BCUT2D eigenvalue weighted by atomic mass is 9.65. The van der Waals surface area contributed by atoms with Crippen molar-refractivity contribution in [2.75, 3.05) is 13.6 Å². The van der Waals surface area contributed by atoms with Crippen LogP contribution in [-0.4, -0.2) is 30.4 Å². The normalized spacial score (nSPS) is 37.4. The fourth-order valence-electron chi connectivity index (χ4n) is 4.08. The Balaban J connectivity index is 0.00000133. The molecule has 0 aromatic heterocycles. The average molecular weight is 287 g/mol. The van der Waals surface area contributed by atoms with Gasteiger partial charge in [-0.05, 0) is 56.3 Å². The van der Waals surface area contributed by atoms with Gasteiger partial charge in [0.15, 0.2) is 0 Å². The van der Waals surface area contributed by atoms with Gasteiger partial charge in [0.1, 0.15) is 0 Å². The van der Waals surface area contributed by atoms with Crippen LogP contribution in [-0.2, 0) is 4.79 Å². The number of hydrogen-bond acceptors (Lipinski definition) is 2. The van der Waals surface area contributed by atoms with Crippen molar-refractivity contribution < 1.29 is 4.79 Å². The minimum atomic E-state index is 0. The summed E-state index contributed by atoms with van der Waals surface area (Å²) >= 11 is 0. The summed E-state index contributed by atoms with van der Waals surface area (Å²) in [6.45, 7) is 0.983. The van der Waals surface area contributed by atoms with Gasteiger partial charge < -0.3 is 10.6 Å². The Kier molecular flexibility index (Phi) is 4.78. The summed E-state index contributed by atoms with van der Waals surface area (Å²) in [7, 11) is 1.99. The van der Waals surface area contributed by atoms with Gasteiger partial charge in [0, 0.05) is 25.6 Å². The summed E-state index contributed by atoms with van der Waals surface area (Å²) in [5, 5.41) is 0. The molecule has 0 aliphatic heterocycles. The molecule has 2 N–H and O–H groups in total. The second kappa shape index (κ2) is 6.01. The van der Waals surface area contributed by atoms with Crippen LogP contribution in [0.4, 0.5) is 0 Å². The number of hydrogen-bond donors (Lipinski definition) is 1. The second-order valence-electron chi connectivity index (χ2n) is 6.86.